The zero-order valence-electron chi connectivity index (χ0n) is 11.6. The summed E-state index contributed by atoms with van der Waals surface area (Å²) in [6.07, 6.45) is 0. The molecule has 0 spiro atoms. The minimum atomic E-state index is -0.721. The van der Waals surface area contributed by atoms with E-state index in [9.17, 15) is 5.11 Å². The number of nitrogens with one attached hydrogen (secondary N) is 1. The first-order chi connectivity index (χ1) is 9.03. The summed E-state index contributed by atoms with van der Waals surface area (Å²) in [6, 6.07) is 15.0. The number of phenols is 1. The van der Waals surface area contributed by atoms with Gasteiger partial charge in [-0.2, -0.15) is 13.6 Å². The Morgan fingerprint density at radius 2 is 1.70 bits per heavy atom. The van der Waals surface area contributed by atoms with Gasteiger partial charge < -0.3 is 16.2 Å². The van der Waals surface area contributed by atoms with E-state index < -0.39 is 5.54 Å². The van der Waals surface area contributed by atoms with Crippen molar-refractivity contribution in [2.45, 2.75) is 12.5 Å². The van der Waals surface area contributed by atoms with Crippen molar-refractivity contribution in [3.8, 4) is 16.9 Å². The maximum absolute atomic E-state index is 9.54. The minimum absolute atomic E-state index is 0. The van der Waals surface area contributed by atoms with Gasteiger partial charge in [-0.3, -0.25) is 0 Å². The van der Waals surface area contributed by atoms with E-state index in [0.717, 1.165) is 16.7 Å². The van der Waals surface area contributed by atoms with Gasteiger partial charge in [0.25, 0.3) is 0 Å². The van der Waals surface area contributed by atoms with Crippen LogP contribution >= 0.6 is 0 Å². The van der Waals surface area contributed by atoms with Gasteiger partial charge in [-0.15, -0.1) is 5.54 Å². The second-order valence-electron chi connectivity index (χ2n) is 4.94. The van der Waals surface area contributed by atoms with E-state index in [1.54, 1.807) is 19.2 Å². The predicted molar refractivity (Wildman–Crippen MR) is 79.4 cm³/mol. The Kier molecular flexibility index (Phi) is 5.94. The van der Waals surface area contributed by atoms with Crippen molar-refractivity contribution < 1.29 is 26.2 Å². The molecule has 0 saturated carbocycles. The van der Waals surface area contributed by atoms with Crippen molar-refractivity contribution >= 4 is 0 Å². The fourth-order valence-electron chi connectivity index (χ4n) is 2.13. The zero-order valence-corrected chi connectivity index (χ0v) is 14.6. The van der Waals surface area contributed by atoms with Crippen molar-refractivity contribution in [2.75, 3.05) is 13.6 Å². The van der Waals surface area contributed by atoms with E-state index in [0.29, 0.717) is 6.54 Å². The van der Waals surface area contributed by atoms with Crippen LogP contribution in [-0.4, -0.2) is 18.7 Å². The van der Waals surface area contributed by atoms with Gasteiger partial charge in [0, 0.05) is 0 Å². The summed E-state index contributed by atoms with van der Waals surface area (Å²) in [7, 11) is 1.73. The summed E-state index contributed by atoms with van der Waals surface area (Å²) in [5, 5.41) is 13.6. The fourth-order valence-corrected chi connectivity index (χ4v) is 2.13. The van der Waals surface area contributed by atoms with Gasteiger partial charge in [-0.05, 0) is 23.3 Å². The molecule has 4 heteroatoms. The largest absolute Gasteiger partial charge is 2.00 e. The summed E-state index contributed by atoms with van der Waals surface area (Å²) in [5.41, 5.74) is 10.5. The number of hydrogen-bond acceptors (Lipinski definition) is 1. The van der Waals surface area contributed by atoms with E-state index in [-0.39, 0.29) is 26.8 Å². The van der Waals surface area contributed by atoms with E-state index >= 15 is 0 Å². The number of benzene rings is 2. The monoisotopic (exact) mass is 438 g/mol. The van der Waals surface area contributed by atoms with Crippen molar-refractivity contribution in [1.29, 1.82) is 0 Å². The van der Waals surface area contributed by atoms with Gasteiger partial charge >= 0.3 is 21.1 Å². The van der Waals surface area contributed by atoms with E-state index in [1.807, 2.05) is 43.3 Å². The molecular weight excluding hydrogens is 420 g/mol. The Labute approximate surface area is 134 Å². The van der Waals surface area contributed by atoms with Crippen molar-refractivity contribution in [3.05, 3.63) is 65.1 Å². The second-order valence-corrected chi connectivity index (χ2v) is 4.94. The van der Waals surface area contributed by atoms with E-state index in [2.05, 4.69) is 5.32 Å². The minimum Gasteiger partial charge on any atom is -0.670 e. The molecule has 1 unspecified atom stereocenters. The van der Waals surface area contributed by atoms with Gasteiger partial charge in [-0.25, -0.2) is 0 Å². The molecule has 104 valence electrons. The molecule has 1 atom stereocenters. The third kappa shape index (κ3) is 3.92. The van der Waals surface area contributed by atoms with Gasteiger partial charge in [-0.1, -0.05) is 48.9 Å². The summed E-state index contributed by atoms with van der Waals surface area (Å²) >= 11 is 0. The molecule has 0 aliphatic rings. The molecule has 0 aliphatic heterocycles. The standard InChI is InChI=1S/C16H18N2O.W/c1-16(17,11-18-2)14-7-3-5-12(9-14)13-6-4-8-15(19)10-13;/h3-10,17,19H,11H2,1-2H3;/q-2;+2. The molecule has 0 aliphatic carbocycles. The van der Waals surface area contributed by atoms with Crippen LogP contribution in [0.3, 0.4) is 0 Å². The Balaban J connectivity index is 0.00000200. The molecule has 20 heavy (non-hydrogen) atoms. The molecule has 0 fully saturated rings. The third-order valence-corrected chi connectivity index (χ3v) is 3.15. The molecule has 2 rings (SSSR count). The Bertz CT molecular complexity index is 570. The van der Waals surface area contributed by atoms with Gasteiger partial charge in [0.05, 0.1) is 0 Å². The van der Waals surface area contributed by atoms with E-state index in [4.69, 9.17) is 5.73 Å². The van der Waals surface area contributed by atoms with Gasteiger partial charge in [0.15, 0.2) is 0 Å². The topological polar surface area (TPSA) is 58.1 Å². The maximum atomic E-state index is 9.54. The fraction of sp³-hybridized carbons (Fsp3) is 0.250. The SMILES string of the molecule is C[N-]CC(C)([NH-])c1cccc(-c2cccc(O)c2)c1.[W+2]. The van der Waals surface area contributed by atoms with Crippen molar-refractivity contribution in [3.63, 3.8) is 0 Å². The smallest absolute Gasteiger partial charge is 0.670 e. The van der Waals surface area contributed by atoms with Crippen LogP contribution in [0.2, 0.25) is 0 Å². The normalized spacial score (nSPS) is 13.3. The van der Waals surface area contributed by atoms with E-state index in [1.165, 1.54) is 0 Å². The molecule has 3 nitrogen and oxygen atoms in total. The van der Waals surface area contributed by atoms with Crippen LogP contribution in [0.1, 0.15) is 12.5 Å². The first-order valence-electron chi connectivity index (χ1n) is 6.23. The molecule has 2 N–H and O–H groups in total. The number of aromatic hydroxyl groups is 1. The number of phenolic OH excluding ortho intramolecular Hbond substituents is 1. The number of rotatable bonds is 4. The summed E-state index contributed by atoms with van der Waals surface area (Å²) < 4.78 is 0. The molecule has 0 amide bonds. The first kappa shape index (κ1) is 16.9. The number of likely N-dealkylation sites (N-methyl/N-ethyl adjacent to an activating group) is 1. The Morgan fingerprint density at radius 1 is 1.10 bits per heavy atom. The van der Waals surface area contributed by atoms with Crippen LogP contribution in [0.15, 0.2) is 48.5 Å². The molecule has 0 radical (unpaired) electrons. The summed E-state index contributed by atoms with van der Waals surface area (Å²) in [6.45, 7) is 2.33. The first-order valence-corrected chi connectivity index (χ1v) is 6.23. The summed E-state index contributed by atoms with van der Waals surface area (Å²) in [4.78, 5) is 0. The van der Waals surface area contributed by atoms with Gasteiger partial charge in [0.2, 0.25) is 0 Å². The Morgan fingerprint density at radius 3 is 2.30 bits per heavy atom. The van der Waals surface area contributed by atoms with Crippen molar-refractivity contribution in [1.82, 2.24) is 0 Å². The molecular formula is C16H18N2OW. The van der Waals surface area contributed by atoms with Crippen molar-refractivity contribution in [2.24, 2.45) is 0 Å². The van der Waals surface area contributed by atoms with Crippen LogP contribution < -0.4 is 0 Å². The second kappa shape index (κ2) is 7.03. The average molecular weight is 438 g/mol. The van der Waals surface area contributed by atoms with Crippen LogP contribution in [0.25, 0.3) is 22.2 Å². The Hall–Kier alpha value is -1.15. The van der Waals surface area contributed by atoms with Crippen LogP contribution in [0.5, 0.6) is 5.75 Å². The molecule has 0 heterocycles. The molecule has 2 aromatic rings. The molecule has 0 aromatic heterocycles. The molecule has 2 aromatic carbocycles. The number of nitrogens with zero attached hydrogens (tertiary/aromatic N) is 1. The molecule has 0 saturated heterocycles. The average Bonchev–Trinajstić information content (AvgIpc) is 2.39. The maximum Gasteiger partial charge on any atom is 2.00 e. The third-order valence-electron chi connectivity index (χ3n) is 3.15. The summed E-state index contributed by atoms with van der Waals surface area (Å²) in [5.74, 6) is 0.250. The zero-order chi connectivity index (χ0) is 13.9. The molecule has 0 bridgehead atoms. The number of hydrogen-bond donors (Lipinski definition) is 1. The predicted octanol–water partition coefficient (Wildman–Crippen LogP) is 4.33. The van der Waals surface area contributed by atoms with Crippen LogP contribution in [0.4, 0.5) is 0 Å². The quantitative estimate of drug-likeness (QED) is 0.760. The van der Waals surface area contributed by atoms with Gasteiger partial charge in [0.1, 0.15) is 5.75 Å². The van der Waals surface area contributed by atoms with Crippen LogP contribution in [0, 0.1) is 0 Å². The van der Waals surface area contributed by atoms with Crippen LogP contribution in [-0.2, 0) is 26.6 Å².